The van der Waals surface area contributed by atoms with Crippen molar-refractivity contribution < 1.29 is 4.79 Å². The molecule has 1 amide bonds. The van der Waals surface area contributed by atoms with Crippen molar-refractivity contribution in [2.24, 2.45) is 0 Å². The van der Waals surface area contributed by atoms with Crippen LogP contribution in [-0.4, -0.2) is 61.5 Å². The average Bonchev–Trinajstić information content (AvgIpc) is 3.23. The van der Waals surface area contributed by atoms with E-state index in [-0.39, 0.29) is 5.91 Å². The molecule has 0 unspecified atom stereocenters. The number of rotatable bonds is 6. The van der Waals surface area contributed by atoms with Gasteiger partial charge in [0.2, 0.25) is 5.91 Å². The summed E-state index contributed by atoms with van der Waals surface area (Å²) in [6, 6.07) is 16.2. The third kappa shape index (κ3) is 5.72. The van der Waals surface area contributed by atoms with E-state index in [9.17, 15) is 4.79 Å². The summed E-state index contributed by atoms with van der Waals surface area (Å²) in [6.07, 6.45) is 2.61. The second kappa shape index (κ2) is 9.61. The van der Waals surface area contributed by atoms with Gasteiger partial charge >= 0.3 is 0 Å². The Balaban J connectivity index is 1.22. The number of nitrogens with one attached hydrogen (secondary N) is 1. The first-order valence-electron chi connectivity index (χ1n) is 10.5. The Hall–Kier alpha value is -2.08. The number of likely N-dealkylation sites (tertiary alicyclic amines) is 1. The number of amides is 1. The minimum atomic E-state index is 0.0495. The molecule has 1 N–H and O–H groups in total. The van der Waals surface area contributed by atoms with Crippen molar-refractivity contribution in [1.29, 1.82) is 0 Å². The van der Waals surface area contributed by atoms with E-state index in [2.05, 4.69) is 38.2 Å². The lowest BCUT2D eigenvalue weighted by molar-refractivity contribution is -0.117. The largest absolute Gasteiger partial charge is 0.369 e. The first-order valence-corrected chi connectivity index (χ1v) is 10.9. The van der Waals surface area contributed by atoms with Crippen LogP contribution >= 0.6 is 11.6 Å². The van der Waals surface area contributed by atoms with Crippen molar-refractivity contribution in [3.8, 4) is 0 Å². The van der Waals surface area contributed by atoms with Crippen molar-refractivity contribution >= 4 is 28.9 Å². The van der Waals surface area contributed by atoms with Crippen LogP contribution < -0.4 is 10.2 Å². The zero-order valence-electron chi connectivity index (χ0n) is 16.8. The lowest BCUT2D eigenvalue weighted by Crippen LogP contribution is -2.48. The fourth-order valence-corrected chi connectivity index (χ4v) is 4.32. The molecule has 2 aliphatic heterocycles. The Morgan fingerprint density at radius 2 is 1.62 bits per heavy atom. The molecule has 2 aromatic carbocycles. The molecule has 0 spiro atoms. The van der Waals surface area contributed by atoms with Crippen LogP contribution in [0, 0.1) is 0 Å². The molecule has 2 aliphatic rings. The van der Waals surface area contributed by atoms with Crippen LogP contribution in [-0.2, 0) is 11.3 Å². The molecule has 0 aromatic heterocycles. The second-order valence-corrected chi connectivity index (χ2v) is 8.41. The van der Waals surface area contributed by atoms with E-state index >= 15 is 0 Å². The van der Waals surface area contributed by atoms with Crippen molar-refractivity contribution in [2.45, 2.75) is 19.4 Å². The molecule has 2 heterocycles. The zero-order valence-corrected chi connectivity index (χ0v) is 17.6. The summed E-state index contributed by atoms with van der Waals surface area (Å²) in [6.45, 7) is 7.37. The monoisotopic (exact) mass is 412 g/mol. The van der Waals surface area contributed by atoms with Crippen LogP contribution in [0.5, 0.6) is 0 Å². The van der Waals surface area contributed by atoms with Gasteiger partial charge in [0, 0.05) is 49.1 Å². The lowest BCUT2D eigenvalue weighted by atomic mass is 10.2. The van der Waals surface area contributed by atoms with E-state index in [4.69, 9.17) is 11.6 Å². The number of hydrogen-bond donors (Lipinski definition) is 1. The normalized spacial score (nSPS) is 18.2. The van der Waals surface area contributed by atoms with E-state index < -0.39 is 0 Å². The molecule has 2 saturated heterocycles. The third-order valence-electron chi connectivity index (χ3n) is 5.76. The summed E-state index contributed by atoms with van der Waals surface area (Å²) >= 11 is 6.10. The van der Waals surface area contributed by atoms with Crippen molar-refractivity contribution in [3.63, 3.8) is 0 Å². The summed E-state index contributed by atoms with van der Waals surface area (Å²) in [5.41, 5.74) is 3.33. The summed E-state index contributed by atoms with van der Waals surface area (Å²) in [5.74, 6) is 0.0495. The molecule has 0 atom stereocenters. The van der Waals surface area contributed by atoms with Crippen molar-refractivity contribution in [2.75, 3.05) is 56.0 Å². The summed E-state index contributed by atoms with van der Waals surface area (Å²) in [5, 5.41) is 3.80. The van der Waals surface area contributed by atoms with Gasteiger partial charge in [-0.05, 0) is 61.8 Å². The third-order valence-corrected chi connectivity index (χ3v) is 5.99. The minimum Gasteiger partial charge on any atom is -0.369 e. The quantitative estimate of drug-likeness (QED) is 0.785. The smallest absolute Gasteiger partial charge is 0.238 e. The van der Waals surface area contributed by atoms with Gasteiger partial charge in [0.05, 0.1) is 6.54 Å². The topological polar surface area (TPSA) is 38.8 Å². The maximum absolute atomic E-state index is 12.4. The van der Waals surface area contributed by atoms with Crippen LogP contribution in [0.25, 0.3) is 0 Å². The fraction of sp³-hybridized carbons (Fsp3) is 0.435. The van der Waals surface area contributed by atoms with Gasteiger partial charge in [-0.1, -0.05) is 29.8 Å². The summed E-state index contributed by atoms with van der Waals surface area (Å²) in [4.78, 5) is 19.5. The van der Waals surface area contributed by atoms with Crippen LogP contribution in [0.2, 0.25) is 5.02 Å². The van der Waals surface area contributed by atoms with Gasteiger partial charge in [-0.2, -0.15) is 0 Å². The molecule has 0 aliphatic carbocycles. The molecule has 0 radical (unpaired) electrons. The number of benzene rings is 2. The van der Waals surface area contributed by atoms with Crippen molar-refractivity contribution in [1.82, 2.24) is 9.80 Å². The number of carbonyl (C=O) groups is 1. The fourth-order valence-electron chi connectivity index (χ4n) is 4.13. The highest BCUT2D eigenvalue weighted by Crippen LogP contribution is 2.21. The Kier molecular flexibility index (Phi) is 6.70. The van der Waals surface area contributed by atoms with Gasteiger partial charge in [-0.3, -0.25) is 14.6 Å². The highest BCUT2D eigenvalue weighted by Gasteiger charge is 2.19. The number of hydrogen-bond acceptors (Lipinski definition) is 4. The zero-order chi connectivity index (χ0) is 20.1. The number of piperazine rings is 1. The van der Waals surface area contributed by atoms with E-state index in [0.717, 1.165) is 49.1 Å². The molecule has 2 fully saturated rings. The maximum Gasteiger partial charge on any atom is 0.238 e. The lowest BCUT2D eigenvalue weighted by Gasteiger charge is -2.35. The Morgan fingerprint density at radius 3 is 2.31 bits per heavy atom. The molecule has 6 heteroatoms. The van der Waals surface area contributed by atoms with E-state index in [1.165, 1.54) is 31.5 Å². The van der Waals surface area contributed by atoms with Gasteiger partial charge < -0.3 is 10.2 Å². The molecule has 4 rings (SSSR count). The summed E-state index contributed by atoms with van der Waals surface area (Å²) in [7, 11) is 0. The Morgan fingerprint density at radius 1 is 0.897 bits per heavy atom. The number of anilines is 2. The standard InChI is InChI=1S/C23H29ClN4O/c24-20-4-3-5-22(16-20)28-14-12-27(13-15-28)18-23(29)25-21-8-6-19(7-9-21)17-26-10-1-2-11-26/h3-9,16H,1-2,10-15,17-18H2,(H,25,29). The Labute approximate surface area is 178 Å². The maximum atomic E-state index is 12.4. The van der Waals surface area contributed by atoms with Gasteiger partial charge in [-0.25, -0.2) is 0 Å². The van der Waals surface area contributed by atoms with E-state index in [0.29, 0.717) is 6.54 Å². The molecule has 154 valence electrons. The Bertz CT molecular complexity index is 812. The highest BCUT2D eigenvalue weighted by molar-refractivity contribution is 6.30. The average molecular weight is 413 g/mol. The molecule has 0 saturated carbocycles. The molecular formula is C23H29ClN4O. The number of nitrogens with zero attached hydrogens (tertiary/aromatic N) is 3. The number of carbonyl (C=O) groups excluding carboxylic acids is 1. The first kappa shape index (κ1) is 20.2. The van der Waals surface area contributed by atoms with Gasteiger partial charge in [0.1, 0.15) is 0 Å². The van der Waals surface area contributed by atoms with Gasteiger partial charge in [0.15, 0.2) is 0 Å². The number of halogens is 1. The van der Waals surface area contributed by atoms with Crippen LogP contribution in [0.15, 0.2) is 48.5 Å². The van der Waals surface area contributed by atoms with E-state index in [1.54, 1.807) is 0 Å². The highest BCUT2D eigenvalue weighted by atomic mass is 35.5. The second-order valence-electron chi connectivity index (χ2n) is 7.97. The van der Waals surface area contributed by atoms with E-state index in [1.807, 2.05) is 30.3 Å². The molecular weight excluding hydrogens is 384 g/mol. The molecule has 29 heavy (non-hydrogen) atoms. The molecule has 0 bridgehead atoms. The van der Waals surface area contributed by atoms with Crippen molar-refractivity contribution in [3.05, 3.63) is 59.1 Å². The SMILES string of the molecule is O=C(CN1CCN(c2cccc(Cl)c2)CC1)Nc1ccc(CN2CCCC2)cc1. The van der Waals surface area contributed by atoms with Crippen LogP contribution in [0.3, 0.4) is 0 Å². The predicted octanol–water partition coefficient (Wildman–Crippen LogP) is 3.70. The van der Waals surface area contributed by atoms with Gasteiger partial charge in [-0.15, -0.1) is 0 Å². The summed E-state index contributed by atoms with van der Waals surface area (Å²) < 4.78 is 0. The van der Waals surface area contributed by atoms with Crippen LogP contribution in [0.4, 0.5) is 11.4 Å². The molecule has 2 aromatic rings. The molecule has 5 nitrogen and oxygen atoms in total. The van der Waals surface area contributed by atoms with Gasteiger partial charge in [0.25, 0.3) is 0 Å². The van der Waals surface area contributed by atoms with Crippen LogP contribution in [0.1, 0.15) is 18.4 Å². The minimum absolute atomic E-state index is 0.0495. The first-order chi connectivity index (χ1) is 14.2. The predicted molar refractivity (Wildman–Crippen MR) is 120 cm³/mol.